The smallest absolute Gasteiger partial charge is 0.353 e. The number of likely N-dealkylation sites (tertiary alicyclic amines) is 1. The van der Waals surface area contributed by atoms with Crippen molar-refractivity contribution in [1.82, 2.24) is 15.1 Å². The number of nitrogens with one attached hydrogen (secondary N) is 1. The number of amides is 2. The quantitative estimate of drug-likeness (QED) is 0.545. The van der Waals surface area contributed by atoms with Gasteiger partial charge in [0.15, 0.2) is 0 Å². The molecule has 3 saturated heterocycles. The van der Waals surface area contributed by atoms with Crippen LogP contribution in [0.2, 0.25) is 0 Å². The molecule has 0 spiro atoms. The predicted octanol–water partition coefficient (Wildman–Crippen LogP) is 1.41. The molecule has 32 heavy (non-hydrogen) atoms. The van der Waals surface area contributed by atoms with E-state index in [0.717, 1.165) is 0 Å². The van der Waals surface area contributed by atoms with Gasteiger partial charge in [-0.1, -0.05) is 13.8 Å². The zero-order chi connectivity index (χ0) is 23.3. The number of fused-ring (bicyclic) bond motifs is 1. The fourth-order valence-electron chi connectivity index (χ4n) is 5.65. The number of rotatable bonds is 7. The van der Waals surface area contributed by atoms with Crippen molar-refractivity contribution in [2.75, 3.05) is 19.6 Å². The fraction of sp³-hybridized carbons (Fsp3) is 0.727. The van der Waals surface area contributed by atoms with Gasteiger partial charge in [-0.15, -0.1) is 11.8 Å². The molecule has 0 aromatic heterocycles. The molecule has 4 heterocycles. The molecule has 0 aromatic rings. The Kier molecular flexibility index (Phi) is 6.37. The average molecular weight is 468 g/mol. The third kappa shape index (κ3) is 3.96. The summed E-state index contributed by atoms with van der Waals surface area (Å²) in [7, 11) is 0. The van der Waals surface area contributed by atoms with Crippen LogP contribution in [-0.2, 0) is 19.2 Å². The lowest BCUT2D eigenvalue weighted by Crippen LogP contribution is -2.62. The Labute approximate surface area is 190 Å². The van der Waals surface area contributed by atoms with Gasteiger partial charge in [-0.2, -0.15) is 0 Å². The number of halogens is 1. The Morgan fingerprint density at radius 2 is 2.06 bits per heavy atom. The van der Waals surface area contributed by atoms with Crippen molar-refractivity contribution in [2.45, 2.75) is 63.5 Å². The third-order valence-corrected chi connectivity index (χ3v) is 8.65. The van der Waals surface area contributed by atoms with Crippen LogP contribution in [0.15, 0.2) is 10.6 Å². The zero-order valence-electron chi connectivity index (χ0n) is 18.5. The number of carbonyl (C=O) groups is 4. The van der Waals surface area contributed by atoms with Gasteiger partial charge in [-0.25, -0.2) is 9.18 Å². The molecule has 0 unspecified atom stereocenters. The first-order chi connectivity index (χ1) is 15.1. The molecular formula is C22H30FN3O5S. The maximum Gasteiger partial charge on any atom is 0.353 e. The summed E-state index contributed by atoms with van der Waals surface area (Å²) >= 11 is 1.43. The van der Waals surface area contributed by atoms with Crippen molar-refractivity contribution in [1.29, 1.82) is 0 Å². The lowest BCUT2D eigenvalue weighted by Gasteiger charge is -2.47. The summed E-state index contributed by atoms with van der Waals surface area (Å²) in [6, 6.07) is -0.645. The van der Waals surface area contributed by atoms with Crippen LogP contribution >= 0.6 is 11.8 Å². The molecule has 0 saturated carbocycles. The molecule has 4 rings (SSSR count). The van der Waals surface area contributed by atoms with E-state index in [0.29, 0.717) is 37.3 Å². The van der Waals surface area contributed by atoms with Crippen molar-refractivity contribution in [2.24, 2.45) is 17.8 Å². The monoisotopic (exact) mass is 467 g/mol. The number of ketones is 1. The van der Waals surface area contributed by atoms with Crippen molar-refractivity contribution in [3.05, 3.63) is 10.6 Å². The van der Waals surface area contributed by atoms with Gasteiger partial charge in [0.1, 0.15) is 17.7 Å². The largest absolute Gasteiger partial charge is 0.477 e. The fourth-order valence-corrected chi connectivity index (χ4v) is 7.12. The van der Waals surface area contributed by atoms with Crippen LogP contribution in [0.3, 0.4) is 0 Å². The Morgan fingerprint density at radius 1 is 1.34 bits per heavy atom. The molecule has 10 heteroatoms. The lowest BCUT2D eigenvalue weighted by atomic mass is 9.73. The number of hydrogen-bond donors (Lipinski definition) is 2. The molecule has 0 aromatic carbocycles. The predicted molar refractivity (Wildman–Crippen MR) is 116 cm³/mol. The number of aliphatic carboxylic acids is 1. The van der Waals surface area contributed by atoms with Crippen molar-refractivity contribution in [3.8, 4) is 0 Å². The number of carboxylic acid groups (broad SMARTS) is 1. The molecule has 0 bridgehead atoms. The number of alkyl halides is 1. The third-order valence-electron chi connectivity index (χ3n) is 7.14. The van der Waals surface area contributed by atoms with E-state index >= 15 is 0 Å². The molecular weight excluding hydrogens is 437 g/mol. The van der Waals surface area contributed by atoms with Gasteiger partial charge in [0.25, 0.3) is 0 Å². The van der Waals surface area contributed by atoms with Crippen LogP contribution in [0.25, 0.3) is 0 Å². The summed E-state index contributed by atoms with van der Waals surface area (Å²) in [6.45, 7) is 6.42. The van der Waals surface area contributed by atoms with Gasteiger partial charge in [0.05, 0.1) is 24.5 Å². The van der Waals surface area contributed by atoms with Crippen molar-refractivity contribution < 1.29 is 28.7 Å². The minimum atomic E-state index is -1.13. The zero-order valence-corrected chi connectivity index (χ0v) is 19.4. The summed E-state index contributed by atoms with van der Waals surface area (Å²) in [4.78, 5) is 52.8. The molecule has 8 nitrogen and oxygen atoms in total. The Morgan fingerprint density at radius 3 is 2.66 bits per heavy atom. The van der Waals surface area contributed by atoms with Crippen molar-refractivity contribution in [3.63, 3.8) is 0 Å². The number of carbonyl (C=O) groups excluding carboxylic acids is 3. The Balaban J connectivity index is 1.45. The molecule has 2 amide bonds. The number of nitrogens with zero attached hydrogens (tertiary/aromatic N) is 2. The lowest BCUT2D eigenvalue weighted by molar-refractivity contribution is -0.160. The highest BCUT2D eigenvalue weighted by molar-refractivity contribution is 8.03. The van der Waals surface area contributed by atoms with E-state index in [9.17, 15) is 28.7 Å². The number of β-lactam (4-membered cyclic amide) rings is 1. The normalized spacial score (nSPS) is 35.2. The number of carboxylic acids is 1. The molecule has 0 radical (unpaired) electrons. The average Bonchev–Trinajstić information content (AvgIpc) is 3.40. The summed E-state index contributed by atoms with van der Waals surface area (Å²) in [5.41, 5.74) is 0.0402. The van der Waals surface area contributed by atoms with Crippen molar-refractivity contribution >= 4 is 35.3 Å². The highest BCUT2D eigenvalue weighted by Crippen LogP contribution is 2.53. The van der Waals surface area contributed by atoms with E-state index in [2.05, 4.69) is 5.32 Å². The molecule has 176 valence electrons. The van der Waals surface area contributed by atoms with Crippen LogP contribution in [-0.4, -0.2) is 81.6 Å². The Bertz CT molecular complexity index is 880. The second-order valence-corrected chi connectivity index (χ2v) is 10.9. The van der Waals surface area contributed by atoms with E-state index in [4.69, 9.17) is 0 Å². The molecule has 0 aliphatic carbocycles. The summed E-state index contributed by atoms with van der Waals surface area (Å²) in [5.74, 6) is -2.09. The van der Waals surface area contributed by atoms with Gasteiger partial charge in [-0.05, 0) is 25.7 Å². The second kappa shape index (κ2) is 8.78. The highest BCUT2D eigenvalue weighted by atomic mass is 32.2. The van der Waals surface area contributed by atoms with E-state index in [-0.39, 0.29) is 58.9 Å². The van der Waals surface area contributed by atoms with Crippen LogP contribution in [0, 0.1) is 17.8 Å². The van der Waals surface area contributed by atoms with Crippen LogP contribution in [0.4, 0.5) is 4.39 Å². The van der Waals surface area contributed by atoms with Crippen LogP contribution in [0.1, 0.15) is 40.0 Å². The van der Waals surface area contributed by atoms with Gasteiger partial charge < -0.3 is 25.0 Å². The standard InChI is InChI=1S/C22H30FN3O5S/c1-10(6-11(2)27)16-17-12(3)19(18(22(30)31)26(17)21(16)29)32-14-7-15(24-8-14)20(28)25-5-4-13(23)9-25/h10,12-17,24H,4-9H2,1-3H3,(H,30,31)/t10-,12+,13-,14-,15-,16+,17-/m0/s1. The molecule has 7 atom stereocenters. The first-order valence-corrected chi connectivity index (χ1v) is 12.1. The van der Waals surface area contributed by atoms with Gasteiger partial charge >= 0.3 is 5.97 Å². The summed E-state index contributed by atoms with van der Waals surface area (Å²) in [6.07, 6.45) is 0.235. The van der Waals surface area contributed by atoms with Gasteiger partial charge in [-0.3, -0.25) is 9.59 Å². The minimum Gasteiger partial charge on any atom is -0.477 e. The summed E-state index contributed by atoms with van der Waals surface area (Å²) in [5, 5.41) is 13.1. The van der Waals surface area contributed by atoms with Crippen LogP contribution in [0.5, 0.6) is 0 Å². The SMILES string of the molecule is CC(=O)C[C@H](C)[C@H]1C(=O)N2C(C(=O)O)=C(S[C@@H]3CN[C@H](C(=O)N4CC[C@H](F)C4)C3)[C@H](C)[C@@H]12. The number of Topliss-reactive ketones (excluding diaryl/α,β-unsaturated/α-hetero) is 1. The van der Waals surface area contributed by atoms with E-state index < -0.39 is 18.2 Å². The summed E-state index contributed by atoms with van der Waals surface area (Å²) < 4.78 is 13.5. The molecule has 2 N–H and O–H groups in total. The number of thioether (sulfide) groups is 1. The van der Waals surface area contributed by atoms with E-state index in [1.807, 2.05) is 13.8 Å². The second-order valence-electron chi connectivity index (χ2n) is 9.52. The first-order valence-electron chi connectivity index (χ1n) is 11.2. The molecule has 3 fully saturated rings. The highest BCUT2D eigenvalue weighted by Gasteiger charge is 2.60. The van der Waals surface area contributed by atoms with Crippen LogP contribution < -0.4 is 5.32 Å². The topological polar surface area (TPSA) is 107 Å². The van der Waals surface area contributed by atoms with E-state index in [1.54, 1.807) is 4.90 Å². The minimum absolute atomic E-state index is 0.0126. The maximum atomic E-state index is 13.5. The Hall–Kier alpha value is -1.94. The molecule has 4 aliphatic heterocycles. The van der Waals surface area contributed by atoms with Gasteiger partial charge in [0, 0.05) is 35.6 Å². The maximum absolute atomic E-state index is 13.5. The van der Waals surface area contributed by atoms with E-state index in [1.165, 1.54) is 23.6 Å². The first kappa shape index (κ1) is 23.2. The molecule has 4 aliphatic rings. The number of hydrogen-bond acceptors (Lipinski definition) is 6. The van der Waals surface area contributed by atoms with Gasteiger partial charge in [0.2, 0.25) is 11.8 Å².